The molecule has 2 heterocycles. The van der Waals surface area contributed by atoms with Gasteiger partial charge in [-0.1, -0.05) is 31.5 Å². The van der Waals surface area contributed by atoms with E-state index in [4.69, 9.17) is 0 Å². The molecule has 0 aliphatic carbocycles. The molecule has 3 aromatic rings. The number of carbonyl (C=O) groups excluding carboxylic acids is 2. The minimum absolute atomic E-state index is 0.00304. The Kier molecular flexibility index (Phi) is 6.31. The van der Waals surface area contributed by atoms with Crippen molar-refractivity contribution in [1.29, 1.82) is 0 Å². The molecule has 6 nitrogen and oxygen atoms in total. The lowest BCUT2D eigenvalue weighted by atomic mass is 10.1. The third-order valence-corrected chi connectivity index (χ3v) is 6.16. The van der Waals surface area contributed by atoms with E-state index >= 15 is 0 Å². The number of nitrogens with one attached hydrogen (secondary N) is 1. The largest absolute Gasteiger partial charge is 0.332 e. The number of likely N-dealkylation sites (N-methyl/N-ethyl adjacent to an activating group) is 1. The normalized spacial score (nSPS) is 11.3. The number of amides is 2. The lowest BCUT2D eigenvalue weighted by molar-refractivity contribution is -0.116. The fraction of sp³-hybridized carbons (Fsp3) is 0.435. The van der Waals surface area contributed by atoms with Crippen LogP contribution in [-0.2, 0) is 11.3 Å². The van der Waals surface area contributed by atoms with Gasteiger partial charge in [-0.25, -0.2) is 0 Å². The number of benzene rings is 1. The number of aryl methyl sites for hydroxylation is 4. The van der Waals surface area contributed by atoms with Crippen LogP contribution in [-0.4, -0.2) is 40.1 Å². The second-order valence-electron chi connectivity index (χ2n) is 8.47. The minimum Gasteiger partial charge on any atom is -0.332 e. The van der Waals surface area contributed by atoms with Crippen molar-refractivity contribution in [1.82, 2.24) is 14.7 Å². The van der Waals surface area contributed by atoms with E-state index in [2.05, 4.69) is 24.3 Å². The topological polar surface area (TPSA) is 67.2 Å². The Bertz CT molecular complexity index is 1090. The van der Waals surface area contributed by atoms with Gasteiger partial charge in [0.25, 0.3) is 5.91 Å². The highest BCUT2D eigenvalue weighted by Crippen LogP contribution is 2.29. The summed E-state index contributed by atoms with van der Waals surface area (Å²) < 4.78 is 1.98. The lowest BCUT2D eigenvalue weighted by Crippen LogP contribution is -2.34. The molecule has 160 valence electrons. The molecule has 1 aromatic carbocycles. The second kappa shape index (κ2) is 8.60. The second-order valence-corrected chi connectivity index (χ2v) is 9.50. The maximum Gasteiger partial charge on any atom is 0.264 e. The zero-order valence-electron chi connectivity index (χ0n) is 18.8. The first-order chi connectivity index (χ1) is 14.1. The smallest absolute Gasteiger partial charge is 0.264 e. The van der Waals surface area contributed by atoms with Gasteiger partial charge in [0.15, 0.2) is 0 Å². The Morgan fingerprint density at radius 1 is 1.13 bits per heavy atom. The standard InChI is InChI=1S/C23H30N4O2S/c1-13(2)11-27-23-18(17(6)25-27)10-19(30-23)22(29)26(7)12-20(28)24-21-15(4)8-14(3)9-16(21)5/h8-10,13H,11-12H2,1-7H3,(H,24,28). The van der Waals surface area contributed by atoms with Gasteiger partial charge in [-0.05, 0) is 50.8 Å². The summed E-state index contributed by atoms with van der Waals surface area (Å²) >= 11 is 1.44. The van der Waals surface area contributed by atoms with Gasteiger partial charge in [0.05, 0.1) is 17.1 Å². The molecule has 30 heavy (non-hydrogen) atoms. The predicted octanol–water partition coefficient (Wildman–Crippen LogP) is 4.70. The molecule has 3 rings (SSSR count). The van der Waals surface area contributed by atoms with Crippen LogP contribution in [0.15, 0.2) is 18.2 Å². The van der Waals surface area contributed by atoms with Crippen LogP contribution < -0.4 is 5.32 Å². The molecule has 7 heteroatoms. The summed E-state index contributed by atoms with van der Waals surface area (Å²) in [7, 11) is 1.66. The third kappa shape index (κ3) is 4.56. The first kappa shape index (κ1) is 22.0. The quantitative estimate of drug-likeness (QED) is 0.621. The lowest BCUT2D eigenvalue weighted by Gasteiger charge is -2.18. The summed E-state index contributed by atoms with van der Waals surface area (Å²) in [6.45, 7) is 13.0. The number of thiophene rings is 1. The average Bonchev–Trinajstić information content (AvgIpc) is 3.18. The molecular formula is C23H30N4O2S. The van der Waals surface area contributed by atoms with E-state index in [0.29, 0.717) is 10.8 Å². The molecule has 0 atom stereocenters. The minimum atomic E-state index is -0.204. The molecular weight excluding hydrogens is 396 g/mol. The van der Waals surface area contributed by atoms with Crippen molar-refractivity contribution in [2.24, 2.45) is 5.92 Å². The Hall–Kier alpha value is -2.67. The van der Waals surface area contributed by atoms with Crippen molar-refractivity contribution in [2.75, 3.05) is 18.9 Å². The SMILES string of the molecule is Cc1cc(C)c(NC(=O)CN(C)C(=O)c2cc3c(C)nn(CC(C)C)c3s2)c(C)c1. The number of rotatable bonds is 6. The van der Waals surface area contributed by atoms with Crippen LogP contribution in [0.2, 0.25) is 0 Å². The first-order valence-corrected chi connectivity index (χ1v) is 11.0. The van der Waals surface area contributed by atoms with Gasteiger partial charge in [-0.3, -0.25) is 14.3 Å². The van der Waals surface area contributed by atoms with E-state index in [1.54, 1.807) is 7.05 Å². The number of hydrogen-bond acceptors (Lipinski definition) is 4. The van der Waals surface area contributed by atoms with Crippen LogP contribution in [0.3, 0.4) is 0 Å². The third-order valence-electron chi connectivity index (χ3n) is 5.03. The van der Waals surface area contributed by atoms with Gasteiger partial charge in [0.1, 0.15) is 4.83 Å². The van der Waals surface area contributed by atoms with Gasteiger partial charge in [-0.15, -0.1) is 11.3 Å². The maximum absolute atomic E-state index is 13.0. The van der Waals surface area contributed by atoms with Crippen molar-refractivity contribution < 1.29 is 9.59 Å². The van der Waals surface area contributed by atoms with Crippen molar-refractivity contribution in [2.45, 2.75) is 48.1 Å². The zero-order chi connectivity index (χ0) is 22.2. The van der Waals surface area contributed by atoms with E-state index in [-0.39, 0.29) is 18.4 Å². The Balaban J connectivity index is 1.73. The summed E-state index contributed by atoms with van der Waals surface area (Å²) in [6, 6.07) is 5.97. The van der Waals surface area contributed by atoms with E-state index < -0.39 is 0 Å². The van der Waals surface area contributed by atoms with Gasteiger partial charge in [-0.2, -0.15) is 5.10 Å². The number of anilines is 1. The van der Waals surface area contributed by atoms with Gasteiger partial charge in [0.2, 0.25) is 5.91 Å². The fourth-order valence-corrected chi connectivity index (χ4v) is 4.88. The number of fused-ring (bicyclic) bond motifs is 1. The predicted molar refractivity (Wildman–Crippen MR) is 123 cm³/mol. The molecule has 0 fully saturated rings. The Labute approximate surface area is 181 Å². The average molecular weight is 427 g/mol. The van der Waals surface area contributed by atoms with Crippen LogP contribution in [0.1, 0.15) is 45.9 Å². The highest BCUT2D eigenvalue weighted by molar-refractivity contribution is 7.20. The zero-order valence-corrected chi connectivity index (χ0v) is 19.6. The monoisotopic (exact) mass is 426 g/mol. The van der Waals surface area contributed by atoms with Crippen molar-refractivity contribution in [3.63, 3.8) is 0 Å². The number of carbonyl (C=O) groups is 2. The molecule has 0 spiro atoms. The van der Waals surface area contributed by atoms with Gasteiger partial charge in [0, 0.05) is 24.7 Å². The summed E-state index contributed by atoms with van der Waals surface area (Å²) in [4.78, 5) is 28.6. The molecule has 0 radical (unpaired) electrons. The molecule has 2 amide bonds. The van der Waals surface area contributed by atoms with Crippen LogP contribution in [0.4, 0.5) is 5.69 Å². The molecule has 0 unspecified atom stereocenters. The molecule has 0 aliphatic rings. The van der Waals surface area contributed by atoms with E-state index in [1.807, 2.05) is 50.6 Å². The van der Waals surface area contributed by atoms with Crippen molar-refractivity contribution in [3.8, 4) is 0 Å². The molecule has 1 N–H and O–H groups in total. The highest BCUT2D eigenvalue weighted by Gasteiger charge is 2.21. The summed E-state index contributed by atoms with van der Waals surface area (Å²) in [6.07, 6.45) is 0. The summed E-state index contributed by atoms with van der Waals surface area (Å²) in [5, 5.41) is 8.56. The van der Waals surface area contributed by atoms with Crippen LogP contribution >= 0.6 is 11.3 Å². The summed E-state index contributed by atoms with van der Waals surface area (Å²) in [5.74, 6) is 0.109. The molecule has 0 saturated carbocycles. The maximum atomic E-state index is 13.0. The number of aromatic nitrogens is 2. The molecule has 2 aromatic heterocycles. The van der Waals surface area contributed by atoms with Crippen LogP contribution in [0, 0.1) is 33.6 Å². The van der Waals surface area contributed by atoms with Gasteiger partial charge < -0.3 is 10.2 Å². The fourth-order valence-electron chi connectivity index (χ4n) is 3.72. The van der Waals surface area contributed by atoms with Crippen LogP contribution in [0.5, 0.6) is 0 Å². The Morgan fingerprint density at radius 3 is 2.37 bits per heavy atom. The first-order valence-electron chi connectivity index (χ1n) is 10.2. The highest BCUT2D eigenvalue weighted by atomic mass is 32.1. The molecule has 0 bridgehead atoms. The molecule has 0 saturated heterocycles. The molecule has 0 aliphatic heterocycles. The van der Waals surface area contributed by atoms with E-state index in [1.165, 1.54) is 16.2 Å². The van der Waals surface area contributed by atoms with E-state index in [0.717, 1.165) is 44.8 Å². The number of nitrogens with zero attached hydrogens (tertiary/aromatic N) is 3. The van der Waals surface area contributed by atoms with Gasteiger partial charge >= 0.3 is 0 Å². The van der Waals surface area contributed by atoms with Crippen LogP contribution in [0.25, 0.3) is 10.2 Å². The van der Waals surface area contributed by atoms with Crippen molar-refractivity contribution in [3.05, 3.63) is 45.5 Å². The summed E-state index contributed by atoms with van der Waals surface area (Å²) in [5.41, 5.74) is 4.93. The number of hydrogen-bond donors (Lipinski definition) is 1. The van der Waals surface area contributed by atoms with E-state index in [9.17, 15) is 9.59 Å². The Morgan fingerprint density at radius 2 is 1.77 bits per heavy atom. The van der Waals surface area contributed by atoms with Crippen molar-refractivity contribution >= 4 is 39.1 Å².